The molecular weight excluding hydrogens is 358 g/mol. The standard InChI is InChI=1S/C16H17F4N3O3/c1-22-13(24)9-15(26-22)4-6-23(7-5-15)14(25)21-12-8-10(16(18,19)20)2-3-11(12)17/h2-3,8H,4-7,9H2,1H3,(H,21,25). The number of nitrogens with one attached hydrogen (secondary N) is 1. The van der Waals surface area contributed by atoms with E-state index in [1.165, 1.54) is 17.0 Å². The topological polar surface area (TPSA) is 61.9 Å². The van der Waals surface area contributed by atoms with Crippen LogP contribution in [0.5, 0.6) is 0 Å². The van der Waals surface area contributed by atoms with E-state index in [2.05, 4.69) is 5.32 Å². The number of carbonyl (C=O) groups excluding carboxylic acids is 2. The van der Waals surface area contributed by atoms with Gasteiger partial charge in [0.2, 0.25) is 5.91 Å². The predicted octanol–water partition coefficient (Wildman–Crippen LogP) is 3.00. The average Bonchev–Trinajstić information content (AvgIpc) is 2.82. The molecule has 0 saturated carbocycles. The lowest BCUT2D eigenvalue weighted by molar-refractivity contribution is -0.197. The maximum Gasteiger partial charge on any atom is 0.416 e. The second-order valence-electron chi connectivity index (χ2n) is 6.45. The van der Waals surface area contributed by atoms with Gasteiger partial charge >= 0.3 is 12.2 Å². The van der Waals surface area contributed by atoms with E-state index in [1.807, 2.05) is 0 Å². The fourth-order valence-corrected chi connectivity index (χ4v) is 3.14. The summed E-state index contributed by atoms with van der Waals surface area (Å²) in [5.74, 6) is -1.10. The number of nitrogens with zero attached hydrogens (tertiary/aromatic N) is 2. The lowest BCUT2D eigenvalue weighted by atomic mass is 9.89. The van der Waals surface area contributed by atoms with Gasteiger partial charge in [-0.25, -0.2) is 14.2 Å². The Balaban J connectivity index is 1.64. The number of rotatable bonds is 1. The van der Waals surface area contributed by atoms with E-state index in [4.69, 9.17) is 4.84 Å². The minimum Gasteiger partial charge on any atom is -0.324 e. The van der Waals surface area contributed by atoms with Crippen molar-refractivity contribution in [2.45, 2.75) is 31.0 Å². The molecule has 10 heteroatoms. The first-order valence-corrected chi connectivity index (χ1v) is 7.98. The summed E-state index contributed by atoms with van der Waals surface area (Å²) in [5, 5.41) is 3.36. The van der Waals surface area contributed by atoms with Crippen LogP contribution in [0.1, 0.15) is 24.8 Å². The number of hydroxylamine groups is 2. The van der Waals surface area contributed by atoms with Crippen molar-refractivity contribution in [2.24, 2.45) is 0 Å². The Morgan fingerprint density at radius 3 is 2.46 bits per heavy atom. The molecule has 0 aliphatic carbocycles. The fraction of sp³-hybridized carbons (Fsp3) is 0.500. The molecule has 2 fully saturated rings. The molecule has 1 N–H and O–H groups in total. The normalized spacial score (nSPS) is 20.0. The second-order valence-corrected chi connectivity index (χ2v) is 6.45. The van der Waals surface area contributed by atoms with Crippen LogP contribution < -0.4 is 5.32 Å². The van der Waals surface area contributed by atoms with Gasteiger partial charge in [0.1, 0.15) is 11.4 Å². The summed E-state index contributed by atoms with van der Waals surface area (Å²) in [7, 11) is 1.52. The highest BCUT2D eigenvalue weighted by Gasteiger charge is 2.46. The van der Waals surface area contributed by atoms with Crippen LogP contribution in [0.25, 0.3) is 0 Å². The average molecular weight is 375 g/mol. The van der Waals surface area contributed by atoms with Crippen LogP contribution in [0.4, 0.5) is 28.0 Å². The molecule has 2 heterocycles. The molecule has 6 nitrogen and oxygen atoms in total. The van der Waals surface area contributed by atoms with Crippen molar-refractivity contribution in [3.63, 3.8) is 0 Å². The van der Waals surface area contributed by atoms with Crippen molar-refractivity contribution in [3.05, 3.63) is 29.6 Å². The van der Waals surface area contributed by atoms with Crippen LogP contribution >= 0.6 is 0 Å². The van der Waals surface area contributed by atoms with E-state index in [0.717, 1.165) is 0 Å². The summed E-state index contributed by atoms with van der Waals surface area (Å²) < 4.78 is 51.9. The molecule has 2 aliphatic heterocycles. The number of anilines is 1. The second kappa shape index (κ2) is 6.42. The molecular formula is C16H17F4N3O3. The molecule has 1 aromatic carbocycles. The number of halogens is 4. The monoisotopic (exact) mass is 375 g/mol. The summed E-state index contributed by atoms with van der Waals surface area (Å²) in [6.07, 6.45) is -3.60. The molecule has 3 rings (SSSR count). The highest BCUT2D eigenvalue weighted by Crippen LogP contribution is 2.36. The molecule has 0 atom stereocenters. The van der Waals surface area contributed by atoms with Gasteiger partial charge in [0.15, 0.2) is 0 Å². The predicted molar refractivity (Wildman–Crippen MR) is 82.4 cm³/mol. The first-order valence-electron chi connectivity index (χ1n) is 7.98. The summed E-state index contributed by atoms with van der Waals surface area (Å²) in [6, 6.07) is 1.14. The number of hydrogen-bond donors (Lipinski definition) is 1. The van der Waals surface area contributed by atoms with Crippen molar-refractivity contribution < 1.29 is 32.0 Å². The number of amides is 3. The molecule has 1 aromatic rings. The number of alkyl halides is 3. The fourth-order valence-electron chi connectivity index (χ4n) is 3.14. The van der Waals surface area contributed by atoms with Crippen LogP contribution in [-0.4, -0.2) is 47.6 Å². The molecule has 2 aliphatic rings. The van der Waals surface area contributed by atoms with Crippen molar-refractivity contribution in [1.82, 2.24) is 9.96 Å². The minimum atomic E-state index is -4.64. The van der Waals surface area contributed by atoms with Crippen LogP contribution in [0, 0.1) is 5.82 Å². The van der Waals surface area contributed by atoms with Gasteiger partial charge in [-0.05, 0) is 31.0 Å². The van der Waals surface area contributed by atoms with Gasteiger partial charge in [-0.1, -0.05) is 0 Å². The lowest BCUT2D eigenvalue weighted by Gasteiger charge is -2.37. The minimum absolute atomic E-state index is 0.145. The lowest BCUT2D eigenvalue weighted by Crippen LogP contribution is -2.48. The molecule has 0 radical (unpaired) electrons. The number of likely N-dealkylation sites (tertiary alicyclic amines) is 1. The van der Waals surface area contributed by atoms with E-state index in [9.17, 15) is 27.2 Å². The zero-order chi connectivity index (χ0) is 19.1. The van der Waals surface area contributed by atoms with Gasteiger partial charge in [-0.15, -0.1) is 0 Å². The van der Waals surface area contributed by atoms with Gasteiger partial charge < -0.3 is 10.2 Å². The van der Waals surface area contributed by atoms with Crippen molar-refractivity contribution in [2.75, 3.05) is 25.5 Å². The van der Waals surface area contributed by atoms with Crippen LogP contribution in [-0.2, 0) is 15.8 Å². The van der Waals surface area contributed by atoms with Gasteiger partial charge in [0.05, 0.1) is 17.7 Å². The smallest absolute Gasteiger partial charge is 0.324 e. The molecule has 3 amide bonds. The van der Waals surface area contributed by atoms with Crippen molar-refractivity contribution in [3.8, 4) is 0 Å². The van der Waals surface area contributed by atoms with Gasteiger partial charge in [0, 0.05) is 20.1 Å². The Bertz CT molecular complexity index is 730. The Morgan fingerprint density at radius 1 is 1.27 bits per heavy atom. The Labute approximate surface area is 146 Å². The molecule has 142 valence electrons. The Morgan fingerprint density at radius 2 is 1.92 bits per heavy atom. The Kier molecular flexibility index (Phi) is 4.55. The summed E-state index contributed by atoms with van der Waals surface area (Å²) in [6.45, 7) is 0.487. The Hall–Kier alpha value is -2.36. The van der Waals surface area contributed by atoms with Crippen molar-refractivity contribution >= 4 is 17.6 Å². The quantitative estimate of drug-likeness (QED) is 0.768. The van der Waals surface area contributed by atoms with Gasteiger partial charge in [-0.3, -0.25) is 9.63 Å². The third-order valence-corrected chi connectivity index (χ3v) is 4.65. The number of benzene rings is 1. The molecule has 0 unspecified atom stereocenters. The highest BCUT2D eigenvalue weighted by molar-refractivity contribution is 5.89. The number of hydrogen-bond acceptors (Lipinski definition) is 3. The van der Waals surface area contributed by atoms with Crippen molar-refractivity contribution in [1.29, 1.82) is 0 Å². The molecule has 0 bridgehead atoms. The SMILES string of the molecule is CN1OC2(CCN(C(=O)Nc3cc(C(F)(F)F)ccc3F)CC2)CC1=O. The zero-order valence-corrected chi connectivity index (χ0v) is 13.9. The molecule has 2 saturated heterocycles. The number of piperidine rings is 1. The van der Waals surface area contributed by atoms with Gasteiger partial charge in [-0.2, -0.15) is 13.2 Å². The van der Waals surface area contributed by atoms with Crippen LogP contribution in [0.2, 0.25) is 0 Å². The maximum absolute atomic E-state index is 13.7. The van der Waals surface area contributed by atoms with E-state index in [1.54, 1.807) is 0 Å². The summed E-state index contributed by atoms with van der Waals surface area (Å²) >= 11 is 0. The summed E-state index contributed by atoms with van der Waals surface area (Å²) in [4.78, 5) is 30.8. The first-order chi connectivity index (χ1) is 12.1. The number of urea groups is 1. The third kappa shape index (κ3) is 3.59. The van der Waals surface area contributed by atoms with Crippen LogP contribution in [0.15, 0.2) is 18.2 Å². The molecule has 26 heavy (non-hydrogen) atoms. The van der Waals surface area contributed by atoms with E-state index < -0.39 is 34.9 Å². The molecule has 0 aromatic heterocycles. The van der Waals surface area contributed by atoms with E-state index in [-0.39, 0.29) is 25.4 Å². The van der Waals surface area contributed by atoms with Gasteiger partial charge in [0.25, 0.3) is 0 Å². The largest absolute Gasteiger partial charge is 0.416 e. The maximum atomic E-state index is 13.7. The van der Waals surface area contributed by atoms with E-state index in [0.29, 0.717) is 31.0 Å². The first kappa shape index (κ1) is 18.4. The highest BCUT2D eigenvalue weighted by atomic mass is 19.4. The molecule has 1 spiro atoms. The zero-order valence-electron chi connectivity index (χ0n) is 13.9. The third-order valence-electron chi connectivity index (χ3n) is 4.65. The summed E-state index contributed by atoms with van der Waals surface area (Å²) in [5.41, 5.74) is -2.23. The number of carbonyl (C=O) groups is 2. The van der Waals surface area contributed by atoms with Crippen LogP contribution in [0.3, 0.4) is 0 Å². The van der Waals surface area contributed by atoms with E-state index >= 15 is 0 Å².